The van der Waals surface area contributed by atoms with Crippen molar-refractivity contribution in [3.8, 4) is 10.6 Å². The number of nitrogens with zero attached hydrogens (tertiary/aromatic N) is 3. The lowest BCUT2D eigenvalue weighted by Gasteiger charge is -2.22. The van der Waals surface area contributed by atoms with Crippen LogP contribution in [-0.4, -0.2) is 19.9 Å². The molecule has 0 aromatic carbocycles. The molecular formula is C15H18N4S. The van der Waals surface area contributed by atoms with E-state index in [1.807, 2.05) is 6.20 Å². The highest BCUT2D eigenvalue weighted by atomic mass is 32.1. The average molecular weight is 286 g/mol. The molecule has 0 fully saturated rings. The van der Waals surface area contributed by atoms with E-state index in [4.69, 9.17) is 4.98 Å². The summed E-state index contributed by atoms with van der Waals surface area (Å²) in [5.41, 5.74) is 3.09. The zero-order chi connectivity index (χ0) is 14.3. The minimum Gasteiger partial charge on any atom is -0.365 e. The maximum absolute atomic E-state index is 4.75. The number of anilines is 1. The summed E-state index contributed by atoms with van der Waals surface area (Å²) in [6.07, 6.45) is 5.52. The Balaban J connectivity index is 2.25. The molecule has 0 spiro atoms. The number of thiophene rings is 1. The Morgan fingerprint density at radius 3 is 2.75 bits per heavy atom. The van der Waals surface area contributed by atoms with Crippen LogP contribution in [0.2, 0.25) is 0 Å². The molecule has 3 rings (SSSR count). The molecule has 0 unspecified atom stereocenters. The molecule has 0 aliphatic carbocycles. The molecule has 3 heterocycles. The highest BCUT2D eigenvalue weighted by molar-refractivity contribution is 7.13. The summed E-state index contributed by atoms with van der Waals surface area (Å²) in [6, 6.07) is 2.13. The van der Waals surface area contributed by atoms with Crippen LogP contribution in [0.25, 0.3) is 16.2 Å². The van der Waals surface area contributed by atoms with E-state index in [0.29, 0.717) is 0 Å². The number of hydrogen-bond acceptors (Lipinski definition) is 4. The van der Waals surface area contributed by atoms with Crippen LogP contribution < -0.4 is 5.32 Å². The van der Waals surface area contributed by atoms with Crippen LogP contribution >= 0.6 is 11.3 Å². The molecule has 4 nitrogen and oxygen atoms in total. The van der Waals surface area contributed by atoms with Gasteiger partial charge in [-0.25, -0.2) is 4.98 Å². The second-order valence-corrected chi connectivity index (χ2v) is 6.84. The van der Waals surface area contributed by atoms with E-state index in [-0.39, 0.29) is 5.54 Å². The van der Waals surface area contributed by atoms with Crippen LogP contribution in [0, 0.1) is 6.92 Å². The van der Waals surface area contributed by atoms with Crippen molar-refractivity contribution in [2.45, 2.75) is 33.2 Å². The fourth-order valence-electron chi connectivity index (χ4n) is 2.16. The zero-order valence-corrected chi connectivity index (χ0v) is 13.0. The van der Waals surface area contributed by atoms with Gasteiger partial charge in [0.1, 0.15) is 11.5 Å². The SMILES string of the molecule is Cc1ccsc1-c1nc2cnccn2c1NC(C)(C)C. The second-order valence-electron chi connectivity index (χ2n) is 5.92. The lowest BCUT2D eigenvalue weighted by atomic mass is 10.1. The van der Waals surface area contributed by atoms with E-state index in [1.165, 1.54) is 10.4 Å². The molecule has 1 N–H and O–H groups in total. The zero-order valence-electron chi connectivity index (χ0n) is 12.1. The van der Waals surface area contributed by atoms with Crippen LogP contribution in [0.1, 0.15) is 26.3 Å². The summed E-state index contributed by atoms with van der Waals surface area (Å²) in [7, 11) is 0. The first-order chi connectivity index (χ1) is 9.46. The molecule has 3 aromatic rings. The van der Waals surface area contributed by atoms with Crippen LogP contribution in [0.3, 0.4) is 0 Å². The van der Waals surface area contributed by atoms with E-state index in [9.17, 15) is 0 Å². The average Bonchev–Trinajstić information content (AvgIpc) is 2.92. The molecule has 0 radical (unpaired) electrons. The van der Waals surface area contributed by atoms with Gasteiger partial charge in [-0.2, -0.15) is 0 Å². The van der Waals surface area contributed by atoms with Crippen molar-refractivity contribution in [2.24, 2.45) is 0 Å². The van der Waals surface area contributed by atoms with Gasteiger partial charge < -0.3 is 5.32 Å². The minimum atomic E-state index is -0.0286. The van der Waals surface area contributed by atoms with Crippen molar-refractivity contribution in [3.63, 3.8) is 0 Å². The monoisotopic (exact) mass is 286 g/mol. The third-order valence-electron chi connectivity index (χ3n) is 3.00. The molecule has 20 heavy (non-hydrogen) atoms. The number of aryl methyl sites for hydroxylation is 1. The largest absolute Gasteiger partial charge is 0.365 e. The highest BCUT2D eigenvalue weighted by Gasteiger charge is 2.20. The highest BCUT2D eigenvalue weighted by Crippen LogP contribution is 2.35. The second kappa shape index (κ2) is 4.59. The standard InChI is InChI=1S/C15H18N4S/c1-10-5-8-20-13(10)12-14(18-15(2,3)4)19-7-6-16-9-11(19)17-12/h5-9,18H,1-4H3. The molecule has 0 saturated heterocycles. The predicted octanol–water partition coefficient (Wildman–Crippen LogP) is 3.98. The maximum Gasteiger partial charge on any atom is 0.157 e. The number of fused-ring (bicyclic) bond motifs is 1. The summed E-state index contributed by atoms with van der Waals surface area (Å²) < 4.78 is 2.06. The van der Waals surface area contributed by atoms with Crippen LogP contribution in [-0.2, 0) is 0 Å². The van der Waals surface area contributed by atoms with E-state index < -0.39 is 0 Å². The van der Waals surface area contributed by atoms with Crippen molar-refractivity contribution in [1.29, 1.82) is 0 Å². The summed E-state index contributed by atoms with van der Waals surface area (Å²) in [5.74, 6) is 1.03. The molecule has 0 atom stereocenters. The van der Waals surface area contributed by atoms with Crippen LogP contribution in [0.5, 0.6) is 0 Å². The Labute approximate surface area is 122 Å². The Hall–Kier alpha value is -1.88. The fourth-order valence-corrected chi connectivity index (χ4v) is 3.07. The molecular weight excluding hydrogens is 268 g/mol. The van der Waals surface area contributed by atoms with Gasteiger partial charge in [-0.1, -0.05) is 0 Å². The van der Waals surface area contributed by atoms with Crippen molar-refractivity contribution in [1.82, 2.24) is 14.4 Å². The fraction of sp³-hybridized carbons (Fsp3) is 0.333. The van der Waals surface area contributed by atoms with E-state index in [1.54, 1.807) is 23.7 Å². The first-order valence-corrected chi connectivity index (χ1v) is 7.48. The first kappa shape index (κ1) is 13.1. The van der Waals surface area contributed by atoms with Gasteiger partial charge in [0.15, 0.2) is 5.65 Å². The molecule has 0 aliphatic heterocycles. The summed E-state index contributed by atoms with van der Waals surface area (Å²) in [4.78, 5) is 10.1. The number of imidazole rings is 1. The summed E-state index contributed by atoms with van der Waals surface area (Å²) >= 11 is 1.72. The molecule has 5 heteroatoms. The van der Waals surface area contributed by atoms with Gasteiger partial charge in [-0.3, -0.25) is 9.38 Å². The Morgan fingerprint density at radius 2 is 2.10 bits per heavy atom. The van der Waals surface area contributed by atoms with Crippen molar-refractivity contribution >= 4 is 22.8 Å². The normalized spacial score (nSPS) is 12.0. The molecule has 104 valence electrons. The van der Waals surface area contributed by atoms with Gasteiger partial charge in [-0.05, 0) is 44.7 Å². The third kappa shape index (κ3) is 2.29. The van der Waals surface area contributed by atoms with Gasteiger partial charge >= 0.3 is 0 Å². The lowest BCUT2D eigenvalue weighted by molar-refractivity contribution is 0.629. The van der Waals surface area contributed by atoms with Gasteiger partial charge in [0.25, 0.3) is 0 Å². The predicted molar refractivity (Wildman–Crippen MR) is 84.4 cm³/mol. The topological polar surface area (TPSA) is 42.2 Å². The summed E-state index contributed by atoms with van der Waals surface area (Å²) in [6.45, 7) is 8.57. The van der Waals surface area contributed by atoms with Crippen molar-refractivity contribution in [2.75, 3.05) is 5.32 Å². The molecule has 0 aliphatic rings. The third-order valence-corrected chi connectivity index (χ3v) is 4.02. The number of rotatable bonds is 2. The van der Waals surface area contributed by atoms with Crippen LogP contribution in [0.15, 0.2) is 30.0 Å². The quantitative estimate of drug-likeness (QED) is 0.775. The Kier molecular flexibility index (Phi) is 3.01. The first-order valence-electron chi connectivity index (χ1n) is 6.60. The van der Waals surface area contributed by atoms with E-state index in [2.05, 4.69) is 53.8 Å². The van der Waals surface area contributed by atoms with Crippen LogP contribution in [0.4, 0.5) is 5.82 Å². The minimum absolute atomic E-state index is 0.0286. The van der Waals surface area contributed by atoms with Crippen molar-refractivity contribution < 1.29 is 0 Å². The maximum atomic E-state index is 4.75. The number of nitrogens with one attached hydrogen (secondary N) is 1. The smallest absolute Gasteiger partial charge is 0.157 e. The Morgan fingerprint density at radius 1 is 1.30 bits per heavy atom. The summed E-state index contributed by atoms with van der Waals surface area (Å²) in [5, 5.41) is 5.67. The van der Waals surface area contributed by atoms with E-state index >= 15 is 0 Å². The number of hydrogen-bond donors (Lipinski definition) is 1. The lowest BCUT2D eigenvalue weighted by Crippen LogP contribution is -2.27. The number of aromatic nitrogens is 3. The van der Waals surface area contributed by atoms with Crippen molar-refractivity contribution in [3.05, 3.63) is 35.6 Å². The Bertz CT molecular complexity index is 749. The molecule has 0 bridgehead atoms. The van der Waals surface area contributed by atoms with Gasteiger partial charge in [0.2, 0.25) is 0 Å². The van der Waals surface area contributed by atoms with Gasteiger partial charge in [0.05, 0.1) is 11.1 Å². The van der Waals surface area contributed by atoms with Gasteiger partial charge in [-0.15, -0.1) is 11.3 Å². The molecule has 0 saturated carbocycles. The molecule has 3 aromatic heterocycles. The van der Waals surface area contributed by atoms with Gasteiger partial charge in [0, 0.05) is 17.9 Å². The van der Waals surface area contributed by atoms with E-state index in [0.717, 1.165) is 17.2 Å². The molecule has 0 amide bonds.